The van der Waals surface area contributed by atoms with Gasteiger partial charge in [0.05, 0.1) is 19.8 Å². The molecule has 4 heteroatoms. The summed E-state index contributed by atoms with van der Waals surface area (Å²) in [6, 6.07) is 0. The lowest BCUT2D eigenvalue weighted by Crippen LogP contribution is -2.30. The minimum absolute atomic E-state index is 0.650. The van der Waals surface area contributed by atoms with E-state index < -0.39 is 0 Å². The molecular weight excluding hydrogens is 180 g/mol. The number of hydrogen-bond acceptors (Lipinski definition) is 4. The van der Waals surface area contributed by atoms with Crippen molar-refractivity contribution in [1.82, 2.24) is 5.32 Å². The van der Waals surface area contributed by atoms with Crippen molar-refractivity contribution in [1.29, 1.82) is 0 Å². The number of carbonyl (C=O) groups excluding carboxylic acids is 1. The number of rotatable bonds is 4. The van der Waals surface area contributed by atoms with Gasteiger partial charge in [0, 0.05) is 13.1 Å². The van der Waals surface area contributed by atoms with Crippen molar-refractivity contribution < 1.29 is 9.53 Å². The van der Waals surface area contributed by atoms with E-state index in [1.807, 2.05) is 0 Å². The van der Waals surface area contributed by atoms with Gasteiger partial charge in [0.25, 0.3) is 0 Å². The predicted octanol–water partition coefficient (Wildman–Crippen LogP) is 1.12. The largest absolute Gasteiger partial charge is 0.379 e. The lowest BCUT2D eigenvalue weighted by Gasteiger charge is -2.10. The molecule has 1 N–H and O–H groups in total. The Bertz CT molecular complexity index is 141. The number of hydrogen-bond donors (Lipinski definition) is 1. The van der Waals surface area contributed by atoms with Crippen LogP contribution in [-0.2, 0) is 9.53 Å². The summed E-state index contributed by atoms with van der Waals surface area (Å²) in [6.07, 6.45) is 4.85. The highest BCUT2D eigenvalue weighted by atomic mass is 16.5. The standard InChI is InChI=1S/C6H11NO.C4H9NO/c1-2-3-4-5-7-6-8;1-3-6-4-2-5-1/h2-5H2,1H3;5H,1-4H2. The maximum atomic E-state index is 9.48. The van der Waals surface area contributed by atoms with Gasteiger partial charge < -0.3 is 10.1 Å². The van der Waals surface area contributed by atoms with Crippen molar-refractivity contribution in [2.24, 2.45) is 4.99 Å². The van der Waals surface area contributed by atoms with Crippen LogP contribution < -0.4 is 5.32 Å². The smallest absolute Gasteiger partial charge is 0.234 e. The molecule has 0 bridgehead atoms. The summed E-state index contributed by atoms with van der Waals surface area (Å²) in [5, 5.41) is 3.16. The lowest BCUT2D eigenvalue weighted by atomic mass is 10.3. The second-order valence-electron chi connectivity index (χ2n) is 3.04. The fourth-order valence-electron chi connectivity index (χ4n) is 1.00. The Labute approximate surface area is 85.7 Å². The van der Waals surface area contributed by atoms with Gasteiger partial charge in [-0.05, 0) is 6.42 Å². The third kappa shape index (κ3) is 11.3. The van der Waals surface area contributed by atoms with Crippen LogP contribution in [0, 0.1) is 0 Å². The molecule has 0 saturated carbocycles. The number of isocyanates is 1. The van der Waals surface area contributed by atoms with Crippen LogP contribution in [0.25, 0.3) is 0 Å². The summed E-state index contributed by atoms with van der Waals surface area (Å²) in [5.74, 6) is 0. The molecule has 0 aromatic rings. The molecule has 14 heavy (non-hydrogen) atoms. The molecule has 1 aliphatic heterocycles. The molecule has 4 nitrogen and oxygen atoms in total. The van der Waals surface area contributed by atoms with Crippen LogP contribution in [-0.4, -0.2) is 38.9 Å². The third-order valence-electron chi connectivity index (χ3n) is 1.78. The number of ether oxygens (including phenoxy) is 1. The predicted molar refractivity (Wildman–Crippen MR) is 56.2 cm³/mol. The first-order valence-corrected chi connectivity index (χ1v) is 5.24. The van der Waals surface area contributed by atoms with Gasteiger partial charge in [-0.15, -0.1) is 0 Å². The highest BCUT2D eigenvalue weighted by molar-refractivity contribution is 5.32. The van der Waals surface area contributed by atoms with Gasteiger partial charge in [0.1, 0.15) is 0 Å². The molecule has 0 unspecified atom stereocenters. The van der Waals surface area contributed by atoms with Crippen molar-refractivity contribution in [2.45, 2.75) is 26.2 Å². The number of unbranched alkanes of at least 4 members (excludes halogenated alkanes) is 2. The second-order valence-corrected chi connectivity index (χ2v) is 3.04. The Morgan fingerprint density at radius 3 is 2.43 bits per heavy atom. The number of nitrogens with one attached hydrogen (secondary N) is 1. The molecule has 1 fully saturated rings. The number of nitrogens with zero attached hydrogens (tertiary/aromatic N) is 1. The van der Waals surface area contributed by atoms with Crippen LogP contribution in [0.5, 0.6) is 0 Å². The molecule has 1 aliphatic rings. The van der Waals surface area contributed by atoms with Crippen molar-refractivity contribution >= 4 is 6.08 Å². The van der Waals surface area contributed by atoms with Crippen molar-refractivity contribution in [3.8, 4) is 0 Å². The van der Waals surface area contributed by atoms with E-state index in [-0.39, 0.29) is 0 Å². The van der Waals surface area contributed by atoms with E-state index in [9.17, 15) is 4.79 Å². The van der Waals surface area contributed by atoms with E-state index in [1.165, 1.54) is 12.5 Å². The Morgan fingerprint density at radius 2 is 2.07 bits per heavy atom. The minimum Gasteiger partial charge on any atom is -0.379 e. The quantitative estimate of drug-likeness (QED) is 0.420. The topological polar surface area (TPSA) is 50.7 Å². The van der Waals surface area contributed by atoms with Crippen LogP contribution >= 0.6 is 0 Å². The molecular formula is C10H20N2O2. The van der Waals surface area contributed by atoms with Crippen molar-refractivity contribution in [3.63, 3.8) is 0 Å². The zero-order chi connectivity index (χ0) is 10.5. The molecule has 0 aromatic carbocycles. The van der Waals surface area contributed by atoms with Gasteiger partial charge in [-0.25, -0.2) is 9.79 Å². The van der Waals surface area contributed by atoms with E-state index in [0.717, 1.165) is 39.1 Å². The average molecular weight is 200 g/mol. The molecule has 1 heterocycles. The number of morpholine rings is 1. The first-order chi connectivity index (χ1) is 6.91. The Hall–Kier alpha value is -0.700. The SMILES string of the molecule is C1COCCN1.CCCCCN=C=O. The van der Waals surface area contributed by atoms with E-state index in [4.69, 9.17) is 4.74 Å². The summed E-state index contributed by atoms with van der Waals surface area (Å²) in [7, 11) is 0. The van der Waals surface area contributed by atoms with Crippen LogP contribution in [0.2, 0.25) is 0 Å². The third-order valence-corrected chi connectivity index (χ3v) is 1.78. The van der Waals surface area contributed by atoms with Crippen LogP contribution in [0.15, 0.2) is 4.99 Å². The number of aliphatic imine (C=N–C) groups is 1. The zero-order valence-electron chi connectivity index (χ0n) is 8.92. The maximum absolute atomic E-state index is 9.48. The zero-order valence-corrected chi connectivity index (χ0v) is 8.92. The van der Waals surface area contributed by atoms with Gasteiger partial charge in [-0.1, -0.05) is 19.8 Å². The Morgan fingerprint density at radius 1 is 1.36 bits per heavy atom. The molecule has 0 radical (unpaired) electrons. The fraction of sp³-hybridized carbons (Fsp3) is 0.900. The van der Waals surface area contributed by atoms with Crippen molar-refractivity contribution in [3.05, 3.63) is 0 Å². The molecule has 1 saturated heterocycles. The summed E-state index contributed by atoms with van der Waals surface area (Å²) in [6.45, 7) is 6.60. The minimum atomic E-state index is 0.650. The van der Waals surface area contributed by atoms with Crippen LogP contribution in [0.1, 0.15) is 26.2 Å². The van der Waals surface area contributed by atoms with Gasteiger partial charge in [-0.3, -0.25) is 0 Å². The molecule has 1 rings (SSSR count). The fourth-order valence-corrected chi connectivity index (χ4v) is 1.00. The molecule has 0 aliphatic carbocycles. The highest BCUT2D eigenvalue weighted by Crippen LogP contribution is 1.91. The van der Waals surface area contributed by atoms with E-state index in [1.54, 1.807) is 0 Å². The first kappa shape index (κ1) is 13.3. The van der Waals surface area contributed by atoms with Gasteiger partial charge in [-0.2, -0.15) is 0 Å². The molecule has 0 atom stereocenters. The Balaban J connectivity index is 0.000000249. The summed E-state index contributed by atoms with van der Waals surface area (Å²) in [5.41, 5.74) is 0. The van der Waals surface area contributed by atoms with Gasteiger partial charge >= 0.3 is 0 Å². The molecule has 0 amide bonds. The van der Waals surface area contributed by atoms with Crippen molar-refractivity contribution in [2.75, 3.05) is 32.8 Å². The van der Waals surface area contributed by atoms with E-state index >= 15 is 0 Å². The lowest BCUT2D eigenvalue weighted by molar-refractivity contribution is 0.109. The summed E-state index contributed by atoms with van der Waals surface area (Å²) >= 11 is 0. The van der Waals surface area contributed by atoms with E-state index in [2.05, 4.69) is 17.2 Å². The molecule has 82 valence electrons. The monoisotopic (exact) mass is 200 g/mol. The molecule has 0 spiro atoms. The average Bonchev–Trinajstić information content (AvgIpc) is 2.28. The molecule has 0 aromatic heterocycles. The second kappa shape index (κ2) is 12.3. The highest BCUT2D eigenvalue weighted by Gasteiger charge is 1.92. The van der Waals surface area contributed by atoms with E-state index in [0.29, 0.717) is 6.54 Å². The summed E-state index contributed by atoms with van der Waals surface area (Å²) in [4.78, 5) is 12.9. The summed E-state index contributed by atoms with van der Waals surface area (Å²) < 4.78 is 5.01. The Kier molecular flexibility index (Phi) is 11.7. The van der Waals surface area contributed by atoms with Gasteiger partial charge in [0.2, 0.25) is 6.08 Å². The van der Waals surface area contributed by atoms with Crippen LogP contribution in [0.4, 0.5) is 0 Å². The van der Waals surface area contributed by atoms with Gasteiger partial charge in [0.15, 0.2) is 0 Å². The normalized spacial score (nSPS) is 14.9. The maximum Gasteiger partial charge on any atom is 0.234 e. The van der Waals surface area contributed by atoms with Crippen LogP contribution in [0.3, 0.4) is 0 Å². The first-order valence-electron chi connectivity index (χ1n) is 5.24.